The fourth-order valence-electron chi connectivity index (χ4n) is 3.78. The van der Waals surface area contributed by atoms with Crippen LogP contribution in [0.4, 0.5) is 5.69 Å². The predicted octanol–water partition coefficient (Wildman–Crippen LogP) is 5.21. The van der Waals surface area contributed by atoms with E-state index >= 15 is 0 Å². The molecular weight excluding hydrogens is 543 g/mol. The maximum absolute atomic E-state index is 13.8. The number of carboxylic acid groups (broad SMARTS) is 1. The lowest BCUT2D eigenvalue weighted by Gasteiger charge is -2.34. The predicted molar refractivity (Wildman–Crippen MR) is 130 cm³/mol. The van der Waals surface area contributed by atoms with Gasteiger partial charge in [-0.25, -0.2) is 4.79 Å². The van der Waals surface area contributed by atoms with Gasteiger partial charge in [-0.05, 0) is 71.0 Å². The number of halogens is 2. The molecule has 1 aliphatic heterocycles. The first-order chi connectivity index (χ1) is 15.3. The van der Waals surface area contributed by atoms with Crippen LogP contribution in [-0.2, 0) is 9.59 Å². The molecule has 2 unspecified atom stereocenters. The van der Waals surface area contributed by atoms with Gasteiger partial charge in [0.25, 0.3) is 11.8 Å². The maximum atomic E-state index is 13.8. The highest BCUT2D eigenvalue weighted by molar-refractivity contribution is 14.1. The molecule has 0 saturated heterocycles. The number of aryl methyl sites for hydroxylation is 1. The maximum Gasteiger partial charge on any atom is 0.331 e. The minimum atomic E-state index is -1.38. The Morgan fingerprint density at radius 2 is 1.72 bits per heavy atom. The van der Waals surface area contributed by atoms with E-state index in [-0.39, 0.29) is 5.56 Å². The van der Waals surface area contributed by atoms with Gasteiger partial charge < -0.3 is 15.3 Å². The van der Waals surface area contributed by atoms with Gasteiger partial charge in [-0.15, -0.1) is 0 Å². The lowest BCUT2D eigenvalue weighted by Crippen LogP contribution is -2.44. The number of aliphatic carboxylic acids is 1. The van der Waals surface area contributed by atoms with Crippen LogP contribution >= 0.6 is 34.2 Å². The number of carbonyl (C=O) groups excluding carboxylic acids is 2. The van der Waals surface area contributed by atoms with Crippen LogP contribution in [0.1, 0.15) is 39.1 Å². The van der Waals surface area contributed by atoms with Crippen LogP contribution in [0.15, 0.2) is 66.7 Å². The van der Waals surface area contributed by atoms with Crippen molar-refractivity contribution in [3.63, 3.8) is 0 Å². The van der Waals surface area contributed by atoms with Gasteiger partial charge in [-0.1, -0.05) is 53.6 Å². The third kappa shape index (κ3) is 4.22. The average Bonchev–Trinajstić information content (AvgIpc) is 2.85. The van der Waals surface area contributed by atoms with E-state index in [2.05, 4.69) is 27.9 Å². The van der Waals surface area contributed by atoms with Gasteiger partial charge in [0.2, 0.25) is 0 Å². The van der Waals surface area contributed by atoms with E-state index in [9.17, 15) is 19.5 Å². The lowest BCUT2D eigenvalue weighted by molar-refractivity contribution is -0.144. The van der Waals surface area contributed by atoms with E-state index in [4.69, 9.17) is 11.6 Å². The van der Waals surface area contributed by atoms with Gasteiger partial charge in [0.15, 0.2) is 6.04 Å². The third-order valence-corrected chi connectivity index (χ3v) is 6.24. The molecule has 0 bridgehead atoms. The number of nitrogens with one attached hydrogen (secondary N) is 1. The van der Waals surface area contributed by atoms with Crippen LogP contribution < -0.4 is 5.32 Å². The standard InChI is InChI=1S/C24H18ClIN2O4/c1-13-2-4-15(5-3-13)21(24(31)32)28-20(14-6-8-16(25)9-7-14)22(29)27-19-11-10-17(26)12-18(19)23(28)30/h2-12,20-21H,1H3,(H,27,29)(H,31,32). The first-order valence-corrected chi connectivity index (χ1v) is 11.2. The van der Waals surface area contributed by atoms with Crippen molar-refractivity contribution in [3.8, 4) is 0 Å². The molecule has 3 aromatic carbocycles. The van der Waals surface area contributed by atoms with Crippen molar-refractivity contribution >= 4 is 57.7 Å². The van der Waals surface area contributed by atoms with Gasteiger partial charge in [0.05, 0.1) is 11.3 Å². The van der Waals surface area contributed by atoms with E-state index in [1.807, 2.05) is 6.92 Å². The molecular formula is C24H18ClIN2O4. The topological polar surface area (TPSA) is 86.7 Å². The Morgan fingerprint density at radius 1 is 1.06 bits per heavy atom. The van der Waals surface area contributed by atoms with Crippen LogP contribution in [0.3, 0.4) is 0 Å². The molecule has 162 valence electrons. The summed E-state index contributed by atoms with van der Waals surface area (Å²) in [5.41, 5.74) is 2.39. The van der Waals surface area contributed by atoms with Gasteiger partial charge in [-0.2, -0.15) is 0 Å². The molecule has 6 nitrogen and oxygen atoms in total. The molecule has 32 heavy (non-hydrogen) atoms. The number of amides is 2. The fraction of sp³-hybridized carbons (Fsp3) is 0.125. The smallest absolute Gasteiger partial charge is 0.331 e. The first-order valence-electron chi connectivity index (χ1n) is 9.74. The van der Waals surface area contributed by atoms with Gasteiger partial charge >= 0.3 is 5.97 Å². The fourth-order valence-corrected chi connectivity index (χ4v) is 4.40. The number of carboxylic acids is 1. The van der Waals surface area contributed by atoms with Crippen LogP contribution in [0.2, 0.25) is 5.02 Å². The molecule has 0 radical (unpaired) electrons. The number of rotatable bonds is 4. The summed E-state index contributed by atoms with van der Waals surface area (Å²) in [5, 5.41) is 13.5. The zero-order valence-electron chi connectivity index (χ0n) is 16.9. The highest BCUT2D eigenvalue weighted by atomic mass is 127. The molecule has 0 aromatic heterocycles. The molecule has 1 aliphatic rings. The van der Waals surface area contributed by atoms with Gasteiger partial charge in [0, 0.05) is 8.59 Å². The van der Waals surface area contributed by atoms with E-state index in [1.165, 1.54) is 0 Å². The van der Waals surface area contributed by atoms with Gasteiger partial charge in [0.1, 0.15) is 6.04 Å². The summed E-state index contributed by atoms with van der Waals surface area (Å²) >= 11 is 8.10. The number of nitrogens with zero attached hydrogens (tertiary/aromatic N) is 1. The minimum absolute atomic E-state index is 0.236. The van der Waals surface area contributed by atoms with E-state index in [0.29, 0.717) is 21.8 Å². The third-order valence-electron chi connectivity index (χ3n) is 5.32. The molecule has 1 heterocycles. The Labute approximate surface area is 203 Å². The van der Waals surface area contributed by atoms with Crippen molar-refractivity contribution in [2.45, 2.75) is 19.0 Å². The monoisotopic (exact) mass is 560 g/mol. The molecule has 0 saturated carbocycles. The summed E-state index contributed by atoms with van der Waals surface area (Å²) in [7, 11) is 0. The lowest BCUT2D eigenvalue weighted by atomic mass is 9.97. The van der Waals surface area contributed by atoms with Crippen LogP contribution in [0.25, 0.3) is 0 Å². The number of hydrogen-bond donors (Lipinski definition) is 2. The summed E-state index contributed by atoms with van der Waals surface area (Å²) in [5.74, 6) is -2.29. The molecule has 3 aromatic rings. The van der Waals surface area contributed by atoms with Crippen LogP contribution in [-0.4, -0.2) is 27.8 Å². The molecule has 2 N–H and O–H groups in total. The minimum Gasteiger partial charge on any atom is -0.479 e. The number of hydrogen-bond acceptors (Lipinski definition) is 3. The molecule has 8 heteroatoms. The summed E-state index contributed by atoms with van der Waals surface area (Å²) in [6.45, 7) is 1.89. The highest BCUT2D eigenvalue weighted by Crippen LogP contribution is 2.38. The van der Waals surface area contributed by atoms with Crippen LogP contribution in [0.5, 0.6) is 0 Å². The molecule has 0 fully saturated rings. The van der Waals surface area contributed by atoms with E-state index in [1.54, 1.807) is 66.7 Å². The molecule has 0 aliphatic carbocycles. The SMILES string of the molecule is Cc1ccc(C(C(=O)O)N2C(=O)c3cc(I)ccc3NC(=O)C2c2ccc(Cl)cc2)cc1. The summed E-state index contributed by atoms with van der Waals surface area (Å²) in [6.07, 6.45) is 0. The zero-order valence-corrected chi connectivity index (χ0v) is 19.8. The molecule has 0 spiro atoms. The number of anilines is 1. The summed E-state index contributed by atoms with van der Waals surface area (Å²) in [4.78, 5) is 40.9. The van der Waals surface area contributed by atoms with Crippen molar-refractivity contribution in [2.24, 2.45) is 0 Å². The average molecular weight is 561 g/mol. The Kier molecular flexibility index (Phi) is 6.21. The van der Waals surface area contributed by atoms with E-state index in [0.717, 1.165) is 14.0 Å². The molecule has 2 atom stereocenters. The van der Waals surface area contributed by atoms with Crippen molar-refractivity contribution in [2.75, 3.05) is 5.32 Å². The number of benzene rings is 3. The van der Waals surface area contributed by atoms with Gasteiger partial charge in [-0.3, -0.25) is 9.59 Å². The van der Waals surface area contributed by atoms with Crippen molar-refractivity contribution in [1.29, 1.82) is 0 Å². The Bertz CT molecular complexity index is 1210. The van der Waals surface area contributed by atoms with Crippen molar-refractivity contribution in [1.82, 2.24) is 4.90 Å². The normalized spacial score (nSPS) is 16.7. The second-order valence-corrected chi connectivity index (χ2v) is 9.18. The number of fused-ring (bicyclic) bond motifs is 1. The van der Waals surface area contributed by atoms with Crippen molar-refractivity contribution in [3.05, 3.63) is 97.6 Å². The number of carbonyl (C=O) groups is 3. The Morgan fingerprint density at radius 3 is 2.34 bits per heavy atom. The Hall–Kier alpha value is -2.91. The molecule has 4 rings (SSSR count). The molecule has 2 amide bonds. The first kappa shape index (κ1) is 22.3. The van der Waals surface area contributed by atoms with E-state index < -0.39 is 29.9 Å². The zero-order chi connectivity index (χ0) is 23.0. The van der Waals surface area contributed by atoms with Crippen LogP contribution in [0, 0.1) is 10.5 Å². The summed E-state index contributed by atoms with van der Waals surface area (Å²) in [6, 6.07) is 15.9. The van der Waals surface area contributed by atoms with Crippen molar-refractivity contribution < 1.29 is 19.5 Å². The highest BCUT2D eigenvalue weighted by Gasteiger charge is 2.43. The summed E-state index contributed by atoms with van der Waals surface area (Å²) < 4.78 is 0.788. The second-order valence-electron chi connectivity index (χ2n) is 7.50. The largest absolute Gasteiger partial charge is 0.479 e. The second kappa shape index (κ2) is 8.91. The quantitative estimate of drug-likeness (QED) is 0.429. The Balaban J connectivity index is 1.95.